The SMILES string of the molecule is COc1ccc2cc3n(c2c1)CC(C)(C(=O)NCC1CCCO1)N(Cc1ccc(F)cc1)C3=O. The Kier molecular flexibility index (Phi) is 5.77. The number of carbonyl (C=O) groups excluding carboxylic acids is 2. The topological polar surface area (TPSA) is 72.8 Å². The molecule has 0 radical (unpaired) electrons. The molecule has 1 N–H and O–H groups in total. The van der Waals surface area contributed by atoms with E-state index in [4.69, 9.17) is 9.47 Å². The zero-order chi connectivity index (χ0) is 23.9. The quantitative estimate of drug-likeness (QED) is 0.605. The van der Waals surface area contributed by atoms with Crippen LogP contribution in [0.1, 0.15) is 35.8 Å². The average Bonchev–Trinajstić information content (AvgIpc) is 3.49. The largest absolute Gasteiger partial charge is 0.497 e. The summed E-state index contributed by atoms with van der Waals surface area (Å²) in [4.78, 5) is 29.0. The summed E-state index contributed by atoms with van der Waals surface area (Å²) >= 11 is 0. The predicted molar refractivity (Wildman–Crippen MR) is 125 cm³/mol. The summed E-state index contributed by atoms with van der Waals surface area (Å²) in [6.45, 7) is 3.36. The number of nitrogens with zero attached hydrogens (tertiary/aromatic N) is 2. The third kappa shape index (κ3) is 3.92. The van der Waals surface area contributed by atoms with Gasteiger partial charge in [0.1, 0.15) is 22.8 Å². The van der Waals surface area contributed by atoms with Crippen LogP contribution in [-0.2, 0) is 22.6 Å². The first-order valence-corrected chi connectivity index (χ1v) is 11.5. The monoisotopic (exact) mass is 465 g/mol. The molecule has 1 aromatic heterocycles. The Morgan fingerprint density at radius 3 is 2.74 bits per heavy atom. The molecule has 2 amide bonds. The van der Waals surface area contributed by atoms with Crippen LogP contribution in [0.25, 0.3) is 10.9 Å². The van der Waals surface area contributed by atoms with E-state index in [1.54, 1.807) is 31.1 Å². The maximum atomic E-state index is 13.8. The third-order valence-corrected chi connectivity index (χ3v) is 6.89. The van der Waals surface area contributed by atoms with Crippen LogP contribution in [0.5, 0.6) is 5.75 Å². The lowest BCUT2D eigenvalue weighted by Crippen LogP contribution is -2.64. The standard InChI is InChI=1S/C26H28FN3O4/c1-26(25(32)28-14-21-4-3-11-34-21)16-29-22-13-20(33-2)10-7-18(22)12-23(29)24(31)30(26)15-17-5-8-19(27)9-6-17/h5-10,12-13,21H,3-4,11,14-16H2,1-2H3,(H,28,32). The molecule has 0 spiro atoms. The number of amides is 2. The van der Waals surface area contributed by atoms with E-state index >= 15 is 0 Å². The molecular formula is C26H28FN3O4. The zero-order valence-corrected chi connectivity index (χ0v) is 19.3. The fourth-order valence-corrected chi connectivity index (χ4v) is 4.88. The van der Waals surface area contributed by atoms with Crippen LogP contribution in [0.4, 0.5) is 4.39 Å². The molecule has 3 aromatic rings. The smallest absolute Gasteiger partial charge is 0.271 e. The van der Waals surface area contributed by atoms with Crippen molar-refractivity contribution in [3.63, 3.8) is 0 Å². The number of hydrogen-bond acceptors (Lipinski definition) is 4. The van der Waals surface area contributed by atoms with E-state index in [1.807, 2.05) is 28.8 Å². The Morgan fingerprint density at radius 2 is 2.03 bits per heavy atom. The molecule has 2 atom stereocenters. The summed E-state index contributed by atoms with van der Waals surface area (Å²) in [7, 11) is 1.60. The maximum absolute atomic E-state index is 13.8. The van der Waals surface area contributed by atoms with E-state index in [1.165, 1.54) is 12.1 Å². The molecule has 5 rings (SSSR count). The minimum atomic E-state index is -1.16. The van der Waals surface area contributed by atoms with Crippen LogP contribution < -0.4 is 10.1 Å². The Labute approximate surface area is 197 Å². The lowest BCUT2D eigenvalue weighted by molar-refractivity contribution is -0.133. The van der Waals surface area contributed by atoms with Gasteiger partial charge in [-0.05, 0) is 55.7 Å². The molecule has 2 aliphatic heterocycles. The zero-order valence-electron chi connectivity index (χ0n) is 19.3. The fraction of sp³-hybridized carbons (Fsp3) is 0.385. The normalized spacial score (nSPS) is 22.1. The molecule has 0 bridgehead atoms. The first-order chi connectivity index (χ1) is 16.4. The van der Waals surface area contributed by atoms with Crippen LogP contribution in [-0.4, -0.2) is 53.2 Å². The van der Waals surface area contributed by atoms with Gasteiger partial charge in [0.15, 0.2) is 0 Å². The summed E-state index contributed by atoms with van der Waals surface area (Å²) in [5.74, 6) is -0.159. The van der Waals surface area contributed by atoms with Gasteiger partial charge in [-0.3, -0.25) is 9.59 Å². The predicted octanol–water partition coefficient (Wildman–Crippen LogP) is 3.50. The van der Waals surface area contributed by atoms with E-state index in [-0.39, 0.29) is 36.8 Å². The van der Waals surface area contributed by atoms with Gasteiger partial charge in [0.05, 0.1) is 25.3 Å². The highest BCUT2D eigenvalue weighted by Gasteiger charge is 2.47. The molecule has 34 heavy (non-hydrogen) atoms. The second-order valence-corrected chi connectivity index (χ2v) is 9.18. The third-order valence-electron chi connectivity index (χ3n) is 6.89. The van der Waals surface area contributed by atoms with Crippen molar-refractivity contribution < 1.29 is 23.5 Å². The van der Waals surface area contributed by atoms with Crippen molar-refractivity contribution in [3.8, 4) is 5.75 Å². The number of nitrogens with one attached hydrogen (secondary N) is 1. The number of ether oxygens (including phenoxy) is 2. The van der Waals surface area contributed by atoms with E-state index < -0.39 is 5.54 Å². The molecule has 8 heteroatoms. The van der Waals surface area contributed by atoms with Gasteiger partial charge in [-0.15, -0.1) is 0 Å². The van der Waals surface area contributed by atoms with Gasteiger partial charge in [0, 0.05) is 31.1 Å². The molecule has 1 saturated heterocycles. The van der Waals surface area contributed by atoms with E-state index in [2.05, 4.69) is 5.32 Å². The Hall–Kier alpha value is -3.39. The highest BCUT2D eigenvalue weighted by Crippen LogP contribution is 2.35. The highest BCUT2D eigenvalue weighted by molar-refractivity contribution is 6.03. The van der Waals surface area contributed by atoms with Crippen molar-refractivity contribution in [1.82, 2.24) is 14.8 Å². The van der Waals surface area contributed by atoms with E-state index in [0.29, 0.717) is 24.6 Å². The summed E-state index contributed by atoms with van der Waals surface area (Å²) in [5.41, 5.74) is 0.933. The lowest BCUT2D eigenvalue weighted by Gasteiger charge is -2.44. The van der Waals surface area contributed by atoms with Crippen LogP contribution >= 0.6 is 0 Å². The second kappa shape index (κ2) is 8.76. The van der Waals surface area contributed by atoms with Crippen LogP contribution in [0.15, 0.2) is 48.5 Å². The number of aromatic nitrogens is 1. The van der Waals surface area contributed by atoms with Gasteiger partial charge >= 0.3 is 0 Å². The van der Waals surface area contributed by atoms with Gasteiger partial charge in [-0.25, -0.2) is 4.39 Å². The molecule has 178 valence electrons. The number of methoxy groups -OCH3 is 1. The Balaban J connectivity index is 1.53. The first kappa shape index (κ1) is 22.4. The summed E-state index contributed by atoms with van der Waals surface area (Å²) in [5, 5.41) is 3.92. The van der Waals surface area contributed by atoms with E-state index in [9.17, 15) is 14.0 Å². The van der Waals surface area contributed by atoms with Gasteiger partial charge in [0.2, 0.25) is 5.91 Å². The van der Waals surface area contributed by atoms with E-state index in [0.717, 1.165) is 29.3 Å². The minimum Gasteiger partial charge on any atom is -0.497 e. The summed E-state index contributed by atoms with van der Waals surface area (Å²) in [6, 6.07) is 13.5. The molecule has 3 heterocycles. The number of benzene rings is 2. The molecular weight excluding hydrogens is 437 g/mol. The van der Waals surface area contributed by atoms with Gasteiger partial charge < -0.3 is 24.3 Å². The van der Waals surface area contributed by atoms with Gasteiger partial charge in [-0.2, -0.15) is 0 Å². The lowest BCUT2D eigenvalue weighted by atomic mass is 9.93. The molecule has 2 unspecified atom stereocenters. The van der Waals surface area contributed by atoms with Crippen LogP contribution in [0.2, 0.25) is 0 Å². The number of fused-ring (bicyclic) bond motifs is 3. The maximum Gasteiger partial charge on any atom is 0.271 e. The second-order valence-electron chi connectivity index (χ2n) is 9.18. The van der Waals surface area contributed by atoms with Crippen molar-refractivity contribution in [2.75, 3.05) is 20.3 Å². The summed E-state index contributed by atoms with van der Waals surface area (Å²) < 4.78 is 26.4. The molecule has 0 aliphatic carbocycles. The molecule has 2 aliphatic rings. The first-order valence-electron chi connectivity index (χ1n) is 11.5. The van der Waals surface area contributed by atoms with Crippen molar-refractivity contribution in [2.45, 2.75) is 44.5 Å². The van der Waals surface area contributed by atoms with Gasteiger partial charge in [0.25, 0.3) is 5.91 Å². The van der Waals surface area contributed by atoms with Crippen molar-refractivity contribution in [2.24, 2.45) is 0 Å². The average molecular weight is 466 g/mol. The molecule has 7 nitrogen and oxygen atoms in total. The molecule has 0 saturated carbocycles. The molecule has 2 aromatic carbocycles. The van der Waals surface area contributed by atoms with Crippen LogP contribution in [0, 0.1) is 5.82 Å². The van der Waals surface area contributed by atoms with Gasteiger partial charge in [-0.1, -0.05) is 12.1 Å². The summed E-state index contributed by atoms with van der Waals surface area (Å²) in [6.07, 6.45) is 1.87. The number of halogens is 1. The number of rotatable bonds is 6. The Bertz CT molecular complexity index is 1230. The highest BCUT2D eigenvalue weighted by atomic mass is 19.1. The van der Waals surface area contributed by atoms with Crippen LogP contribution in [0.3, 0.4) is 0 Å². The fourth-order valence-electron chi connectivity index (χ4n) is 4.88. The van der Waals surface area contributed by atoms with Crippen molar-refractivity contribution in [3.05, 3.63) is 65.6 Å². The number of hydrogen-bond donors (Lipinski definition) is 1. The Morgan fingerprint density at radius 1 is 1.24 bits per heavy atom. The van der Waals surface area contributed by atoms with Crippen molar-refractivity contribution >= 4 is 22.7 Å². The number of carbonyl (C=O) groups is 2. The van der Waals surface area contributed by atoms with Crippen molar-refractivity contribution in [1.29, 1.82) is 0 Å². The molecule has 1 fully saturated rings. The minimum absolute atomic E-state index is 0.00961.